The van der Waals surface area contributed by atoms with Crippen LogP contribution in [0.1, 0.15) is 12.5 Å². The van der Waals surface area contributed by atoms with Gasteiger partial charge in [0.1, 0.15) is 18.2 Å². The van der Waals surface area contributed by atoms with Crippen molar-refractivity contribution < 1.29 is 9.13 Å². The minimum Gasteiger partial charge on any atom is -0.480 e. The van der Waals surface area contributed by atoms with Gasteiger partial charge in [0.2, 0.25) is 0 Å². The summed E-state index contributed by atoms with van der Waals surface area (Å²) in [4.78, 5) is 1.84. The third kappa shape index (κ3) is 2.46. The fourth-order valence-electron chi connectivity index (χ4n) is 2.07. The molecule has 1 aromatic carbocycles. The monoisotopic (exact) mass is 269 g/mol. The first-order chi connectivity index (χ1) is 9.56. The van der Waals surface area contributed by atoms with Crippen molar-refractivity contribution in [1.82, 2.24) is 4.90 Å². The maximum atomic E-state index is 14.2. The van der Waals surface area contributed by atoms with E-state index >= 15 is 0 Å². The summed E-state index contributed by atoms with van der Waals surface area (Å²) in [5.41, 5.74) is 2.97. The third-order valence-electron chi connectivity index (χ3n) is 3.26. The van der Waals surface area contributed by atoms with Crippen LogP contribution < -0.4 is 4.74 Å². The molecule has 0 aliphatic carbocycles. The Kier molecular flexibility index (Phi) is 3.95. The van der Waals surface area contributed by atoms with Crippen molar-refractivity contribution in [2.45, 2.75) is 6.92 Å². The van der Waals surface area contributed by atoms with Gasteiger partial charge >= 0.3 is 0 Å². The van der Waals surface area contributed by atoms with E-state index in [9.17, 15) is 4.39 Å². The fourth-order valence-corrected chi connectivity index (χ4v) is 2.07. The molecule has 1 heterocycles. The standard InChI is InChI=1S/C17H16FNO/c1-5-11-20-16-8-6-7-14(18)17(16)15-10-9-12(2)13(3)19(15)4/h1,6-10H,3,11H2,2,4H3. The molecule has 3 heteroatoms. The Bertz CT molecular complexity index is 649. The van der Waals surface area contributed by atoms with Crippen molar-refractivity contribution in [3.05, 3.63) is 59.6 Å². The second-order valence-electron chi connectivity index (χ2n) is 4.51. The molecule has 2 rings (SSSR count). The summed E-state index contributed by atoms with van der Waals surface area (Å²) in [5, 5.41) is 0. The molecular formula is C17H16FNO. The van der Waals surface area contributed by atoms with Gasteiger partial charge in [-0.15, -0.1) is 6.42 Å². The highest BCUT2D eigenvalue weighted by atomic mass is 19.1. The number of benzene rings is 1. The summed E-state index contributed by atoms with van der Waals surface area (Å²) in [6.07, 6.45) is 8.96. The minimum atomic E-state index is -0.349. The number of halogens is 1. The van der Waals surface area contributed by atoms with Crippen LogP contribution >= 0.6 is 0 Å². The molecule has 2 nitrogen and oxygen atoms in total. The summed E-state index contributed by atoms with van der Waals surface area (Å²) < 4.78 is 19.6. The lowest BCUT2D eigenvalue weighted by Crippen LogP contribution is -2.20. The zero-order chi connectivity index (χ0) is 14.7. The van der Waals surface area contributed by atoms with Crippen LogP contribution in [0, 0.1) is 18.2 Å². The van der Waals surface area contributed by atoms with E-state index in [2.05, 4.69) is 12.5 Å². The van der Waals surface area contributed by atoms with Gasteiger partial charge in [0, 0.05) is 12.7 Å². The molecule has 0 unspecified atom stereocenters. The molecule has 1 aliphatic heterocycles. The number of hydrogen-bond acceptors (Lipinski definition) is 2. The Morgan fingerprint density at radius 3 is 2.85 bits per heavy atom. The maximum absolute atomic E-state index is 14.2. The van der Waals surface area contributed by atoms with E-state index < -0.39 is 0 Å². The van der Waals surface area contributed by atoms with Crippen molar-refractivity contribution in [1.29, 1.82) is 0 Å². The predicted molar refractivity (Wildman–Crippen MR) is 79.4 cm³/mol. The Morgan fingerprint density at radius 1 is 1.40 bits per heavy atom. The molecule has 0 saturated carbocycles. The molecule has 102 valence electrons. The lowest BCUT2D eigenvalue weighted by Gasteiger charge is -2.29. The zero-order valence-electron chi connectivity index (χ0n) is 11.6. The average molecular weight is 269 g/mol. The number of rotatable bonds is 3. The van der Waals surface area contributed by atoms with Gasteiger partial charge in [-0.1, -0.05) is 24.6 Å². The molecule has 0 aromatic heterocycles. The first-order valence-corrected chi connectivity index (χ1v) is 6.23. The van der Waals surface area contributed by atoms with Crippen LogP contribution in [0.2, 0.25) is 0 Å². The molecule has 1 aliphatic rings. The Hall–Kier alpha value is -2.47. The minimum absolute atomic E-state index is 0.100. The highest BCUT2D eigenvalue weighted by Crippen LogP contribution is 2.35. The van der Waals surface area contributed by atoms with Crippen LogP contribution in [-0.2, 0) is 0 Å². The van der Waals surface area contributed by atoms with Crippen molar-refractivity contribution in [2.75, 3.05) is 13.7 Å². The van der Waals surface area contributed by atoms with Gasteiger partial charge < -0.3 is 9.64 Å². The lowest BCUT2D eigenvalue weighted by atomic mass is 10.0. The third-order valence-corrected chi connectivity index (χ3v) is 3.26. The first-order valence-electron chi connectivity index (χ1n) is 6.23. The first kappa shape index (κ1) is 14.0. The molecule has 0 amide bonds. The van der Waals surface area contributed by atoms with E-state index in [4.69, 9.17) is 11.2 Å². The van der Waals surface area contributed by atoms with Gasteiger partial charge in [0.25, 0.3) is 0 Å². The fraction of sp³-hybridized carbons (Fsp3) is 0.176. The molecule has 0 radical (unpaired) electrons. The van der Waals surface area contributed by atoms with Crippen molar-refractivity contribution in [2.24, 2.45) is 0 Å². The lowest BCUT2D eigenvalue weighted by molar-refractivity contribution is 0.365. The summed E-state index contributed by atoms with van der Waals surface area (Å²) in [6, 6.07) is 4.71. The van der Waals surface area contributed by atoms with Gasteiger partial charge in [-0.3, -0.25) is 0 Å². The summed E-state index contributed by atoms with van der Waals surface area (Å²) in [6.45, 7) is 6.06. The number of allylic oxidation sites excluding steroid dienone is 3. The van der Waals surface area contributed by atoms with Crippen molar-refractivity contribution in [3.63, 3.8) is 0 Å². The molecular weight excluding hydrogens is 253 g/mol. The molecule has 0 atom stereocenters. The number of likely N-dealkylation sites (N-methyl/N-ethyl adjacent to an activating group) is 1. The van der Waals surface area contributed by atoms with E-state index in [0.717, 1.165) is 11.3 Å². The molecule has 0 spiro atoms. The van der Waals surface area contributed by atoms with Crippen LogP contribution in [0.15, 0.2) is 48.2 Å². The second-order valence-corrected chi connectivity index (χ2v) is 4.51. The van der Waals surface area contributed by atoms with Crippen LogP contribution in [0.4, 0.5) is 4.39 Å². The molecule has 20 heavy (non-hydrogen) atoms. The molecule has 0 bridgehead atoms. The van der Waals surface area contributed by atoms with Gasteiger partial charge in [0.15, 0.2) is 0 Å². The number of hydrogen-bond donors (Lipinski definition) is 0. The summed E-state index contributed by atoms with van der Waals surface area (Å²) in [7, 11) is 1.85. The number of ether oxygens (including phenoxy) is 1. The van der Waals surface area contributed by atoms with Gasteiger partial charge in [-0.2, -0.15) is 0 Å². The van der Waals surface area contributed by atoms with Gasteiger partial charge in [-0.25, -0.2) is 4.39 Å². The van der Waals surface area contributed by atoms with E-state index in [1.54, 1.807) is 12.1 Å². The number of terminal acetylenes is 1. The molecule has 1 aromatic rings. The Labute approximate surface area is 118 Å². The molecule has 0 saturated heterocycles. The quantitative estimate of drug-likeness (QED) is 0.778. The maximum Gasteiger partial charge on any atom is 0.148 e. The molecule has 0 fully saturated rings. The average Bonchev–Trinajstić information content (AvgIpc) is 2.44. The second kappa shape index (κ2) is 5.66. The largest absolute Gasteiger partial charge is 0.480 e. The van der Waals surface area contributed by atoms with Gasteiger partial charge in [0.05, 0.1) is 11.3 Å². The van der Waals surface area contributed by atoms with Crippen LogP contribution in [0.25, 0.3) is 5.70 Å². The topological polar surface area (TPSA) is 12.5 Å². The SMILES string of the molecule is C#CCOc1cccc(F)c1C1=CC=C(C)C(=C)N1C. The Morgan fingerprint density at radius 2 is 2.15 bits per heavy atom. The zero-order valence-corrected chi connectivity index (χ0v) is 11.6. The Balaban J connectivity index is 2.52. The highest BCUT2D eigenvalue weighted by molar-refractivity contribution is 5.74. The summed E-state index contributed by atoms with van der Waals surface area (Å²) in [5.74, 6) is 2.47. The summed E-state index contributed by atoms with van der Waals surface area (Å²) >= 11 is 0. The molecule has 0 N–H and O–H groups in total. The van der Waals surface area contributed by atoms with Crippen LogP contribution in [-0.4, -0.2) is 18.6 Å². The normalized spacial score (nSPS) is 14.5. The predicted octanol–water partition coefficient (Wildman–Crippen LogP) is 3.58. The van der Waals surface area contributed by atoms with E-state index in [1.165, 1.54) is 6.07 Å². The van der Waals surface area contributed by atoms with Crippen molar-refractivity contribution >= 4 is 5.70 Å². The highest BCUT2D eigenvalue weighted by Gasteiger charge is 2.21. The van der Waals surface area contributed by atoms with Crippen molar-refractivity contribution in [3.8, 4) is 18.1 Å². The van der Waals surface area contributed by atoms with Gasteiger partial charge in [-0.05, 0) is 30.7 Å². The smallest absolute Gasteiger partial charge is 0.148 e. The van der Waals surface area contributed by atoms with Crippen LogP contribution in [0.3, 0.4) is 0 Å². The van der Waals surface area contributed by atoms with E-state index in [-0.39, 0.29) is 12.4 Å². The van der Waals surface area contributed by atoms with Crippen LogP contribution in [0.5, 0.6) is 5.75 Å². The number of nitrogens with zero attached hydrogens (tertiary/aromatic N) is 1. The van der Waals surface area contributed by atoms with E-state index in [1.807, 2.05) is 31.0 Å². The van der Waals surface area contributed by atoms with E-state index in [0.29, 0.717) is 17.0 Å².